The SMILES string of the molecule is Cc1cc(C)c(-n2cc(C)c3c(N(CCCl)CC4CC4)cc(C)nc32)c(C)c1. The molecule has 1 saturated carbocycles. The van der Waals surface area contributed by atoms with Crippen molar-refractivity contribution in [1.29, 1.82) is 0 Å². The lowest BCUT2D eigenvalue weighted by Crippen LogP contribution is -2.28. The van der Waals surface area contributed by atoms with Crippen LogP contribution in [0.25, 0.3) is 16.7 Å². The van der Waals surface area contributed by atoms with Crippen molar-refractivity contribution < 1.29 is 0 Å². The molecular weight excluding hydrogens is 366 g/mol. The van der Waals surface area contributed by atoms with Crippen molar-refractivity contribution in [2.24, 2.45) is 5.92 Å². The summed E-state index contributed by atoms with van der Waals surface area (Å²) in [7, 11) is 0. The molecule has 0 aliphatic heterocycles. The number of alkyl halides is 1. The van der Waals surface area contributed by atoms with Crippen LogP contribution >= 0.6 is 11.6 Å². The van der Waals surface area contributed by atoms with Crippen molar-refractivity contribution in [2.45, 2.75) is 47.5 Å². The zero-order chi connectivity index (χ0) is 20.0. The Morgan fingerprint density at radius 1 is 1.04 bits per heavy atom. The van der Waals surface area contributed by atoms with Crippen LogP contribution in [0.15, 0.2) is 24.4 Å². The van der Waals surface area contributed by atoms with Gasteiger partial charge < -0.3 is 9.47 Å². The Hall–Kier alpha value is -2.00. The van der Waals surface area contributed by atoms with E-state index in [9.17, 15) is 0 Å². The highest BCUT2D eigenvalue weighted by molar-refractivity contribution is 6.18. The molecule has 0 atom stereocenters. The topological polar surface area (TPSA) is 21.1 Å². The number of halogens is 1. The molecule has 0 unspecified atom stereocenters. The number of aryl methyl sites for hydroxylation is 5. The molecule has 0 radical (unpaired) electrons. The van der Waals surface area contributed by atoms with Crippen molar-refractivity contribution in [3.05, 3.63) is 52.3 Å². The van der Waals surface area contributed by atoms with Gasteiger partial charge in [0.25, 0.3) is 0 Å². The molecule has 0 amide bonds. The van der Waals surface area contributed by atoms with Gasteiger partial charge in [-0.3, -0.25) is 0 Å². The molecule has 3 nitrogen and oxygen atoms in total. The summed E-state index contributed by atoms with van der Waals surface area (Å²) in [6.45, 7) is 12.8. The molecule has 1 aromatic carbocycles. The number of rotatable bonds is 6. The van der Waals surface area contributed by atoms with Gasteiger partial charge in [-0.05, 0) is 76.1 Å². The third-order valence-corrected chi connectivity index (χ3v) is 5.97. The summed E-state index contributed by atoms with van der Waals surface area (Å²) in [4.78, 5) is 7.46. The number of pyridine rings is 1. The monoisotopic (exact) mass is 395 g/mol. The van der Waals surface area contributed by atoms with Crippen molar-refractivity contribution in [2.75, 3.05) is 23.9 Å². The van der Waals surface area contributed by atoms with Crippen LogP contribution in [0.2, 0.25) is 0 Å². The van der Waals surface area contributed by atoms with Gasteiger partial charge in [0, 0.05) is 41.9 Å². The molecule has 0 spiro atoms. The van der Waals surface area contributed by atoms with Crippen molar-refractivity contribution in [1.82, 2.24) is 9.55 Å². The maximum absolute atomic E-state index is 6.18. The standard InChI is InChI=1S/C24H30ClN3/c1-15-10-16(2)23(17(3)11-15)28-13-18(4)22-21(12-19(5)26-24(22)28)27(9-8-25)14-20-6-7-20/h10-13,20H,6-9,14H2,1-5H3. The molecule has 0 N–H and O–H groups in total. The lowest BCUT2D eigenvalue weighted by Gasteiger charge is -2.25. The minimum Gasteiger partial charge on any atom is -0.369 e. The first-order chi connectivity index (χ1) is 13.4. The van der Waals surface area contributed by atoms with E-state index in [1.54, 1.807) is 0 Å². The van der Waals surface area contributed by atoms with Crippen LogP contribution in [0.1, 0.15) is 40.8 Å². The third-order valence-electron chi connectivity index (χ3n) is 5.80. The summed E-state index contributed by atoms with van der Waals surface area (Å²) in [5.74, 6) is 1.46. The number of fused-ring (bicyclic) bond motifs is 1. The van der Waals surface area contributed by atoms with E-state index in [-0.39, 0.29) is 0 Å². The third kappa shape index (κ3) is 3.53. The van der Waals surface area contributed by atoms with Crippen molar-refractivity contribution >= 4 is 28.3 Å². The molecule has 3 aromatic rings. The van der Waals surface area contributed by atoms with Crippen LogP contribution in [-0.4, -0.2) is 28.5 Å². The fraction of sp³-hybridized carbons (Fsp3) is 0.458. The largest absolute Gasteiger partial charge is 0.369 e. The fourth-order valence-corrected chi connectivity index (χ4v) is 4.71. The number of nitrogens with zero attached hydrogens (tertiary/aromatic N) is 3. The zero-order valence-corrected chi connectivity index (χ0v) is 18.4. The number of benzene rings is 1. The molecule has 2 aromatic heterocycles. The summed E-state index contributed by atoms with van der Waals surface area (Å²) < 4.78 is 2.29. The molecule has 0 saturated heterocycles. The highest BCUT2D eigenvalue weighted by Gasteiger charge is 2.26. The van der Waals surface area contributed by atoms with Crippen molar-refractivity contribution in [3.63, 3.8) is 0 Å². The Kier molecular flexibility index (Phi) is 5.13. The van der Waals surface area contributed by atoms with E-state index >= 15 is 0 Å². The van der Waals surface area contributed by atoms with E-state index in [0.717, 1.165) is 30.3 Å². The van der Waals surface area contributed by atoms with E-state index < -0.39 is 0 Å². The lowest BCUT2D eigenvalue weighted by molar-refractivity contribution is 0.745. The second kappa shape index (κ2) is 7.44. The molecule has 148 valence electrons. The first kappa shape index (κ1) is 19.3. The van der Waals surface area contributed by atoms with Gasteiger partial charge in [-0.1, -0.05) is 17.7 Å². The summed E-state index contributed by atoms with van der Waals surface area (Å²) >= 11 is 6.18. The zero-order valence-electron chi connectivity index (χ0n) is 17.6. The summed E-state index contributed by atoms with van der Waals surface area (Å²) in [5, 5.41) is 1.26. The maximum Gasteiger partial charge on any atom is 0.147 e. The number of hydrogen-bond donors (Lipinski definition) is 0. The Morgan fingerprint density at radius 2 is 1.71 bits per heavy atom. The lowest BCUT2D eigenvalue weighted by atomic mass is 10.1. The van der Waals surface area contributed by atoms with Gasteiger partial charge in [0.2, 0.25) is 0 Å². The molecule has 2 heterocycles. The van der Waals surface area contributed by atoms with Gasteiger partial charge in [-0.2, -0.15) is 0 Å². The maximum atomic E-state index is 6.18. The average molecular weight is 396 g/mol. The van der Waals surface area contributed by atoms with E-state index in [2.05, 4.69) is 68.5 Å². The van der Waals surface area contributed by atoms with Gasteiger partial charge in [0.05, 0.1) is 5.69 Å². The molecule has 4 heteroatoms. The van der Waals surface area contributed by atoms with Crippen LogP contribution < -0.4 is 4.90 Å². The molecule has 1 aliphatic rings. The summed E-state index contributed by atoms with van der Waals surface area (Å²) in [6.07, 6.45) is 4.93. The number of anilines is 1. The quantitative estimate of drug-likeness (QED) is 0.475. The van der Waals surface area contributed by atoms with Gasteiger partial charge in [-0.25, -0.2) is 4.98 Å². The van der Waals surface area contributed by atoms with Crippen LogP contribution in [0.5, 0.6) is 0 Å². The van der Waals surface area contributed by atoms with Crippen molar-refractivity contribution in [3.8, 4) is 5.69 Å². The molecule has 0 bridgehead atoms. The minimum absolute atomic E-state index is 0.644. The molecule has 4 rings (SSSR count). The second-order valence-corrected chi connectivity index (χ2v) is 8.87. The Morgan fingerprint density at radius 3 is 2.32 bits per heavy atom. The smallest absolute Gasteiger partial charge is 0.147 e. The predicted octanol–water partition coefficient (Wildman–Crippen LogP) is 6.02. The van der Waals surface area contributed by atoms with Crippen LogP contribution in [-0.2, 0) is 0 Å². The van der Waals surface area contributed by atoms with E-state index in [1.807, 2.05) is 0 Å². The Balaban J connectivity index is 1.93. The molecule has 1 aliphatic carbocycles. The van der Waals surface area contributed by atoms with E-state index in [0.29, 0.717) is 5.88 Å². The van der Waals surface area contributed by atoms with Crippen LogP contribution in [0.3, 0.4) is 0 Å². The van der Waals surface area contributed by atoms with Gasteiger partial charge in [0.15, 0.2) is 0 Å². The van der Waals surface area contributed by atoms with Gasteiger partial charge in [-0.15, -0.1) is 11.6 Å². The van der Waals surface area contributed by atoms with Crippen LogP contribution in [0.4, 0.5) is 5.69 Å². The second-order valence-electron chi connectivity index (χ2n) is 8.49. The highest BCUT2D eigenvalue weighted by Crippen LogP contribution is 2.37. The molecule has 1 fully saturated rings. The highest BCUT2D eigenvalue weighted by atomic mass is 35.5. The number of hydrogen-bond acceptors (Lipinski definition) is 2. The normalized spacial score (nSPS) is 14.1. The fourth-order valence-electron chi connectivity index (χ4n) is 4.51. The molecular formula is C24H30ClN3. The Bertz CT molecular complexity index is 1010. The first-order valence-corrected chi connectivity index (χ1v) is 10.8. The predicted molar refractivity (Wildman–Crippen MR) is 120 cm³/mol. The minimum atomic E-state index is 0.644. The number of aromatic nitrogens is 2. The van der Waals surface area contributed by atoms with Gasteiger partial charge in [0.1, 0.15) is 5.65 Å². The first-order valence-electron chi connectivity index (χ1n) is 10.3. The van der Waals surface area contributed by atoms with Crippen LogP contribution in [0, 0.1) is 40.5 Å². The summed E-state index contributed by atoms with van der Waals surface area (Å²) in [6, 6.07) is 6.75. The Labute approximate surface area is 173 Å². The molecule has 28 heavy (non-hydrogen) atoms. The summed E-state index contributed by atoms with van der Waals surface area (Å²) in [5.41, 5.74) is 9.79. The van der Waals surface area contributed by atoms with E-state index in [4.69, 9.17) is 16.6 Å². The van der Waals surface area contributed by atoms with E-state index in [1.165, 1.54) is 51.9 Å². The average Bonchev–Trinajstić information content (AvgIpc) is 3.37. The van der Waals surface area contributed by atoms with Gasteiger partial charge >= 0.3 is 0 Å².